The number of carbonyl (C=O) groups is 3. The summed E-state index contributed by atoms with van der Waals surface area (Å²) in [5.41, 5.74) is 1.84. The molecule has 2 aromatic carbocycles. The van der Waals surface area contributed by atoms with E-state index in [2.05, 4.69) is 15.7 Å². The Hall–Kier alpha value is -4.34. The van der Waals surface area contributed by atoms with Crippen LogP contribution in [0.25, 0.3) is 0 Å². The number of ether oxygens (including phenoxy) is 2. The molecule has 2 heterocycles. The van der Waals surface area contributed by atoms with E-state index in [9.17, 15) is 14.4 Å². The van der Waals surface area contributed by atoms with Gasteiger partial charge >= 0.3 is 0 Å². The zero-order valence-electron chi connectivity index (χ0n) is 20.1. The molecule has 0 unspecified atom stereocenters. The number of nitrogens with one attached hydrogen (secondary N) is 2. The van der Waals surface area contributed by atoms with Crippen LogP contribution in [0.3, 0.4) is 0 Å². The molecule has 0 spiro atoms. The fourth-order valence-electron chi connectivity index (χ4n) is 3.85. The maximum Gasteiger partial charge on any atom is 0.257 e. The first-order valence-electron chi connectivity index (χ1n) is 11.7. The minimum Gasteiger partial charge on any atom is -0.497 e. The predicted molar refractivity (Wildman–Crippen MR) is 132 cm³/mol. The van der Waals surface area contributed by atoms with Gasteiger partial charge in [-0.1, -0.05) is 30.3 Å². The molecule has 36 heavy (non-hydrogen) atoms. The lowest BCUT2D eigenvalue weighted by molar-refractivity contribution is -0.121. The highest BCUT2D eigenvalue weighted by atomic mass is 16.5. The molecule has 0 aliphatic carbocycles. The smallest absolute Gasteiger partial charge is 0.257 e. The Kier molecular flexibility index (Phi) is 8.17. The molecular weight excluding hydrogens is 462 g/mol. The van der Waals surface area contributed by atoms with E-state index < -0.39 is 0 Å². The molecule has 1 aliphatic heterocycles. The predicted octanol–water partition coefficient (Wildman–Crippen LogP) is 1.71. The molecule has 0 saturated heterocycles. The minimum absolute atomic E-state index is 0.110. The third kappa shape index (κ3) is 6.41. The van der Waals surface area contributed by atoms with Crippen LogP contribution < -0.4 is 20.1 Å². The Balaban J connectivity index is 1.43. The average Bonchev–Trinajstić information content (AvgIpc) is 3.36. The highest BCUT2D eigenvalue weighted by Gasteiger charge is 2.21. The van der Waals surface area contributed by atoms with Crippen molar-refractivity contribution in [2.45, 2.75) is 13.0 Å². The summed E-state index contributed by atoms with van der Waals surface area (Å²) in [6.07, 6.45) is 3.66. The number of hydrogen-bond donors (Lipinski definition) is 2. The Bertz CT molecular complexity index is 1210. The van der Waals surface area contributed by atoms with Crippen molar-refractivity contribution in [3.05, 3.63) is 77.6 Å². The Morgan fingerprint density at radius 3 is 2.75 bits per heavy atom. The van der Waals surface area contributed by atoms with Gasteiger partial charge in [-0.25, -0.2) is 0 Å². The first kappa shape index (κ1) is 24.8. The third-order valence-electron chi connectivity index (χ3n) is 5.69. The molecule has 10 nitrogen and oxygen atoms in total. The van der Waals surface area contributed by atoms with Crippen molar-refractivity contribution in [2.24, 2.45) is 0 Å². The van der Waals surface area contributed by atoms with Gasteiger partial charge in [-0.3, -0.25) is 19.1 Å². The number of carbonyl (C=O) groups excluding carboxylic acids is 3. The molecule has 188 valence electrons. The normalized spacial score (nSPS) is 15.1. The standard InChI is InChI=1S/C26H29N5O5/c1-35-21-8-9-22-23(14-21)36-13-11-27-24(32)18-30(12-5-10-28-25(22)33)26(34)20-15-29-31(17-20)16-19-6-3-2-4-7-19/h2-4,6-9,14-15,17H,5,10-13,16,18H2,1H3,(H,27,32)(H,28,33). The van der Waals surface area contributed by atoms with Gasteiger partial charge in [0.2, 0.25) is 5.91 Å². The lowest BCUT2D eigenvalue weighted by atomic mass is 10.1. The Labute approximate surface area is 209 Å². The van der Waals surface area contributed by atoms with Crippen molar-refractivity contribution in [1.82, 2.24) is 25.3 Å². The van der Waals surface area contributed by atoms with Gasteiger partial charge in [-0.2, -0.15) is 5.10 Å². The van der Waals surface area contributed by atoms with Gasteiger partial charge in [0, 0.05) is 25.4 Å². The zero-order chi connectivity index (χ0) is 25.3. The molecular formula is C26H29N5O5. The number of nitrogens with zero attached hydrogens (tertiary/aromatic N) is 3. The van der Waals surface area contributed by atoms with Crippen LogP contribution >= 0.6 is 0 Å². The van der Waals surface area contributed by atoms with E-state index in [1.807, 2.05) is 30.3 Å². The highest BCUT2D eigenvalue weighted by Crippen LogP contribution is 2.25. The lowest BCUT2D eigenvalue weighted by Crippen LogP contribution is -2.43. The molecule has 0 fully saturated rings. The van der Waals surface area contributed by atoms with Crippen LogP contribution in [0, 0.1) is 0 Å². The molecule has 1 aliphatic rings. The van der Waals surface area contributed by atoms with Gasteiger partial charge in [0.1, 0.15) is 18.1 Å². The molecule has 0 saturated carbocycles. The second kappa shape index (κ2) is 11.9. The number of hydrogen-bond acceptors (Lipinski definition) is 6. The van der Waals surface area contributed by atoms with E-state index in [0.717, 1.165) is 5.56 Å². The number of fused-ring (bicyclic) bond motifs is 1. The zero-order valence-corrected chi connectivity index (χ0v) is 20.1. The fourth-order valence-corrected chi connectivity index (χ4v) is 3.85. The first-order chi connectivity index (χ1) is 17.5. The Morgan fingerprint density at radius 2 is 1.94 bits per heavy atom. The van der Waals surface area contributed by atoms with Crippen molar-refractivity contribution in [2.75, 3.05) is 39.9 Å². The van der Waals surface area contributed by atoms with Crippen molar-refractivity contribution in [3.63, 3.8) is 0 Å². The third-order valence-corrected chi connectivity index (χ3v) is 5.69. The van der Waals surface area contributed by atoms with E-state index in [1.54, 1.807) is 29.1 Å². The van der Waals surface area contributed by atoms with Gasteiger partial charge in [0.25, 0.3) is 11.8 Å². The van der Waals surface area contributed by atoms with E-state index in [0.29, 0.717) is 48.7 Å². The summed E-state index contributed by atoms with van der Waals surface area (Å²) < 4.78 is 12.7. The maximum atomic E-state index is 13.2. The van der Waals surface area contributed by atoms with Crippen LogP contribution in [0.15, 0.2) is 60.9 Å². The van der Waals surface area contributed by atoms with Crippen molar-refractivity contribution in [3.8, 4) is 11.5 Å². The number of benzene rings is 2. The van der Waals surface area contributed by atoms with Gasteiger partial charge in [0.15, 0.2) is 0 Å². The maximum absolute atomic E-state index is 13.2. The van der Waals surface area contributed by atoms with Crippen molar-refractivity contribution < 1.29 is 23.9 Å². The topological polar surface area (TPSA) is 115 Å². The summed E-state index contributed by atoms with van der Waals surface area (Å²) in [6.45, 7) is 1.41. The SMILES string of the molecule is COc1ccc2c(c1)OCCNC(=O)CN(C(=O)c1cnn(Cc3ccccc3)c1)CCCNC2=O. The van der Waals surface area contributed by atoms with Gasteiger partial charge in [-0.15, -0.1) is 0 Å². The number of rotatable bonds is 4. The van der Waals surface area contributed by atoms with E-state index in [4.69, 9.17) is 9.47 Å². The van der Waals surface area contributed by atoms with Crippen LogP contribution in [0.2, 0.25) is 0 Å². The number of amides is 3. The largest absolute Gasteiger partial charge is 0.497 e. The first-order valence-corrected chi connectivity index (χ1v) is 11.7. The highest BCUT2D eigenvalue weighted by molar-refractivity contribution is 5.97. The minimum atomic E-state index is -0.296. The molecule has 0 radical (unpaired) electrons. The van der Waals surface area contributed by atoms with E-state index in [1.165, 1.54) is 18.2 Å². The van der Waals surface area contributed by atoms with Crippen molar-refractivity contribution in [1.29, 1.82) is 0 Å². The molecule has 4 rings (SSSR count). The second-order valence-corrected chi connectivity index (χ2v) is 8.31. The summed E-state index contributed by atoms with van der Waals surface area (Å²) in [4.78, 5) is 40.0. The van der Waals surface area contributed by atoms with Crippen LogP contribution in [0.4, 0.5) is 0 Å². The van der Waals surface area contributed by atoms with E-state index in [-0.39, 0.29) is 37.4 Å². The second-order valence-electron chi connectivity index (χ2n) is 8.31. The molecule has 1 aromatic heterocycles. The van der Waals surface area contributed by atoms with Crippen LogP contribution in [0.5, 0.6) is 11.5 Å². The quantitative estimate of drug-likeness (QED) is 0.574. The molecule has 3 aromatic rings. The summed E-state index contributed by atoms with van der Waals surface area (Å²) in [7, 11) is 1.53. The van der Waals surface area contributed by atoms with E-state index >= 15 is 0 Å². The molecule has 10 heteroatoms. The van der Waals surface area contributed by atoms with Gasteiger partial charge in [0.05, 0.1) is 44.1 Å². The molecule has 0 bridgehead atoms. The molecule has 3 amide bonds. The van der Waals surface area contributed by atoms with Gasteiger partial charge < -0.3 is 25.0 Å². The monoisotopic (exact) mass is 491 g/mol. The number of methoxy groups -OCH3 is 1. The van der Waals surface area contributed by atoms with Crippen LogP contribution in [-0.2, 0) is 11.3 Å². The van der Waals surface area contributed by atoms with Gasteiger partial charge in [-0.05, 0) is 24.1 Å². The number of aromatic nitrogens is 2. The molecule has 0 atom stereocenters. The van der Waals surface area contributed by atoms with Crippen LogP contribution in [0.1, 0.15) is 32.7 Å². The summed E-state index contributed by atoms with van der Waals surface area (Å²) in [5.74, 6) is 0.0661. The summed E-state index contributed by atoms with van der Waals surface area (Å²) in [5, 5.41) is 9.93. The van der Waals surface area contributed by atoms with Crippen LogP contribution in [-0.4, -0.2) is 72.3 Å². The summed E-state index contributed by atoms with van der Waals surface area (Å²) >= 11 is 0. The molecule has 2 N–H and O–H groups in total. The summed E-state index contributed by atoms with van der Waals surface area (Å²) in [6, 6.07) is 14.8. The average molecular weight is 492 g/mol. The Morgan fingerprint density at radius 1 is 1.11 bits per heavy atom. The van der Waals surface area contributed by atoms with Crippen molar-refractivity contribution >= 4 is 17.7 Å². The fraction of sp³-hybridized carbons (Fsp3) is 0.308. The lowest BCUT2D eigenvalue weighted by Gasteiger charge is -2.22.